The van der Waals surface area contributed by atoms with Crippen molar-refractivity contribution in [3.63, 3.8) is 0 Å². The van der Waals surface area contributed by atoms with E-state index in [9.17, 15) is 4.79 Å². The van der Waals surface area contributed by atoms with Crippen LogP contribution in [0, 0.1) is 0 Å². The van der Waals surface area contributed by atoms with Crippen molar-refractivity contribution in [2.45, 2.75) is 31.1 Å². The van der Waals surface area contributed by atoms with Gasteiger partial charge in [-0.2, -0.15) is 0 Å². The molecule has 1 aliphatic carbocycles. The molecule has 1 saturated heterocycles. The lowest BCUT2D eigenvalue weighted by molar-refractivity contribution is 0.164. The van der Waals surface area contributed by atoms with Gasteiger partial charge in [-0.05, 0) is 42.2 Å². The zero-order valence-electron chi connectivity index (χ0n) is 9.98. The van der Waals surface area contributed by atoms with Crippen LogP contribution in [0.2, 0.25) is 0 Å². The summed E-state index contributed by atoms with van der Waals surface area (Å²) < 4.78 is 0. The van der Waals surface area contributed by atoms with Crippen LogP contribution in [-0.4, -0.2) is 24.0 Å². The zero-order chi connectivity index (χ0) is 11.9. The van der Waals surface area contributed by atoms with Gasteiger partial charge >= 0.3 is 6.03 Å². The first-order valence-electron chi connectivity index (χ1n) is 6.34. The number of fused-ring (bicyclic) bond motifs is 2. The zero-order valence-corrected chi connectivity index (χ0v) is 9.98. The van der Waals surface area contributed by atoms with Crippen LogP contribution in [0.3, 0.4) is 0 Å². The molecule has 0 atom stereocenters. The van der Waals surface area contributed by atoms with Crippen LogP contribution in [0.4, 0.5) is 4.79 Å². The molecule has 1 fully saturated rings. The number of nitrogens with zero attached hydrogens (tertiary/aromatic N) is 1. The van der Waals surface area contributed by atoms with Crippen LogP contribution in [-0.2, 0) is 11.8 Å². The first kappa shape index (κ1) is 10.6. The number of primary amides is 1. The number of amides is 2. The molecule has 1 spiro atoms. The second kappa shape index (κ2) is 3.76. The van der Waals surface area contributed by atoms with E-state index in [0.29, 0.717) is 5.41 Å². The van der Waals surface area contributed by atoms with Crippen molar-refractivity contribution >= 4 is 6.03 Å². The summed E-state index contributed by atoms with van der Waals surface area (Å²) in [6.45, 7) is 1.62. The lowest BCUT2D eigenvalue weighted by atomic mass is 9.74. The van der Waals surface area contributed by atoms with E-state index in [-0.39, 0.29) is 6.03 Å². The van der Waals surface area contributed by atoms with Gasteiger partial charge in [0.25, 0.3) is 0 Å². The molecule has 1 aromatic rings. The van der Waals surface area contributed by atoms with Crippen molar-refractivity contribution in [2.75, 3.05) is 13.1 Å². The molecule has 90 valence electrons. The second-order valence-electron chi connectivity index (χ2n) is 5.26. The van der Waals surface area contributed by atoms with Gasteiger partial charge in [0.2, 0.25) is 0 Å². The number of carbonyl (C=O) groups is 1. The molecule has 0 bridgehead atoms. The third kappa shape index (κ3) is 1.61. The van der Waals surface area contributed by atoms with Crippen LogP contribution in [0.5, 0.6) is 0 Å². The van der Waals surface area contributed by atoms with Crippen LogP contribution in [0.1, 0.15) is 30.4 Å². The lowest BCUT2D eigenvalue weighted by Crippen LogP contribution is -2.46. The minimum atomic E-state index is -0.272. The van der Waals surface area contributed by atoms with E-state index in [1.54, 1.807) is 4.90 Å². The first-order valence-corrected chi connectivity index (χ1v) is 6.34. The van der Waals surface area contributed by atoms with Crippen LogP contribution in [0.25, 0.3) is 0 Å². The summed E-state index contributed by atoms with van der Waals surface area (Å²) in [6, 6.07) is 8.49. The van der Waals surface area contributed by atoms with Gasteiger partial charge in [-0.25, -0.2) is 4.79 Å². The van der Waals surface area contributed by atoms with Crippen LogP contribution in [0.15, 0.2) is 24.3 Å². The Hall–Kier alpha value is -1.51. The number of carbonyl (C=O) groups excluding carboxylic acids is 1. The SMILES string of the molecule is NC(=O)N1CCC2(CCc3ccccc32)CC1. The van der Waals surface area contributed by atoms with Gasteiger partial charge in [-0.1, -0.05) is 24.3 Å². The van der Waals surface area contributed by atoms with Crippen molar-refractivity contribution in [1.82, 2.24) is 4.90 Å². The highest BCUT2D eigenvalue weighted by Gasteiger charge is 2.41. The molecule has 2 amide bonds. The minimum Gasteiger partial charge on any atom is -0.351 e. The summed E-state index contributed by atoms with van der Waals surface area (Å²) in [4.78, 5) is 12.9. The summed E-state index contributed by atoms with van der Waals surface area (Å²) >= 11 is 0. The molecule has 3 nitrogen and oxygen atoms in total. The van der Waals surface area contributed by atoms with Gasteiger partial charge in [0.15, 0.2) is 0 Å². The third-order valence-electron chi connectivity index (χ3n) is 4.49. The lowest BCUT2D eigenvalue weighted by Gasteiger charge is -2.39. The van der Waals surface area contributed by atoms with E-state index < -0.39 is 0 Å². The Morgan fingerprint density at radius 2 is 1.88 bits per heavy atom. The molecular weight excluding hydrogens is 212 g/mol. The van der Waals surface area contributed by atoms with Gasteiger partial charge in [-0.3, -0.25) is 0 Å². The number of benzene rings is 1. The molecule has 0 saturated carbocycles. The quantitative estimate of drug-likeness (QED) is 0.728. The highest BCUT2D eigenvalue weighted by molar-refractivity contribution is 5.72. The predicted molar refractivity (Wildman–Crippen MR) is 66.8 cm³/mol. The molecule has 0 aromatic heterocycles. The molecule has 2 N–H and O–H groups in total. The van der Waals surface area contributed by atoms with Crippen molar-refractivity contribution < 1.29 is 4.79 Å². The number of likely N-dealkylation sites (tertiary alicyclic amines) is 1. The standard InChI is InChI=1S/C14H18N2O/c15-13(17)16-9-7-14(8-10-16)6-5-11-3-1-2-4-12(11)14/h1-4H,5-10H2,(H2,15,17). The maximum atomic E-state index is 11.2. The summed E-state index contributed by atoms with van der Waals surface area (Å²) in [5.74, 6) is 0. The van der Waals surface area contributed by atoms with Crippen LogP contribution < -0.4 is 5.73 Å². The Balaban J connectivity index is 1.85. The Labute approximate surface area is 102 Å². The molecule has 1 aromatic carbocycles. The number of hydrogen-bond donors (Lipinski definition) is 1. The van der Waals surface area contributed by atoms with Crippen molar-refractivity contribution in [3.05, 3.63) is 35.4 Å². The maximum Gasteiger partial charge on any atom is 0.314 e. The first-order chi connectivity index (χ1) is 8.21. The summed E-state index contributed by atoms with van der Waals surface area (Å²) in [5.41, 5.74) is 8.68. The van der Waals surface area contributed by atoms with E-state index >= 15 is 0 Å². The number of rotatable bonds is 0. The Bertz CT molecular complexity index is 447. The van der Waals surface area contributed by atoms with E-state index in [2.05, 4.69) is 24.3 Å². The molecule has 0 radical (unpaired) electrons. The van der Waals surface area contributed by atoms with Crippen molar-refractivity contribution in [3.8, 4) is 0 Å². The summed E-state index contributed by atoms with van der Waals surface area (Å²) in [6.07, 6.45) is 4.55. The van der Waals surface area contributed by atoms with Crippen molar-refractivity contribution in [2.24, 2.45) is 5.73 Å². The van der Waals surface area contributed by atoms with Gasteiger partial charge < -0.3 is 10.6 Å². The fourth-order valence-electron chi connectivity index (χ4n) is 3.44. The Kier molecular flexibility index (Phi) is 2.35. The number of piperidine rings is 1. The monoisotopic (exact) mass is 230 g/mol. The summed E-state index contributed by atoms with van der Waals surface area (Å²) in [7, 11) is 0. The Morgan fingerprint density at radius 1 is 1.18 bits per heavy atom. The van der Waals surface area contributed by atoms with E-state index in [1.807, 2.05) is 0 Å². The number of aryl methyl sites for hydroxylation is 1. The molecule has 1 heterocycles. The fraction of sp³-hybridized carbons (Fsp3) is 0.500. The normalized spacial score (nSPS) is 21.5. The number of urea groups is 1. The van der Waals surface area contributed by atoms with E-state index in [4.69, 9.17) is 5.73 Å². The largest absolute Gasteiger partial charge is 0.351 e. The molecular formula is C14H18N2O. The number of hydrogen-bond acceptors (Lipinski definition) is 1. The van der Waals surface area contributed by atoms with Crippen molar-refractivity contribution in [1.29, 1.82) is 0 Å². The molecule has 1 aliphatic heterocycles. The third-order valence-corrected chi connectivity index (χ3v) is 4.49. The highest BCUT2D eigenvalue weighted by Crippen LogP contribution is 2.45. The average molecular weight is 230 g/mol. The van der Waals surface area contributed by atoms with E-state index in [0.717, 1.165) is 25.9 Å². The highest BCUT2D eigenvalue weighted by atomic mass is 16.2. The smallest absolute Gasteiger partial charge is 0.314 e. The topological polar surface area (TPSA) is 46.3 Å². The molecule has 3 rings (SSSR count). The predicted octanol–water partition coefficient (Wildman–Crippen LogP) is 2.05. The molecule has 17 heavy (non-hydrogen) atoms. The molecule has 0 unspecified atom stereocenters. The van der Waals surface area contributed by atoms with Gasteiger partial charge in [0, 0.05) is 13.1 Å². The van der Waals surface area contributed by atoms with Gasteiger partial charge in [0.1, 0.15) is 0 Å². The molecule has 2 aliphatic rings. The Morgan fingerprint density at radius 3 is 2.59 bits per heavy atom. The fourth-order valence-corrected chi connectivity index (χ4v) is 3.44. The van der Waals surface area contributed by atoms with E-state index in [1.165, 1.54) is 24.0 Å². The molecule has 3 heteroatoms. The minimum absolute atomic E-state index is 0.272. The number of nitrogens with two attached hydrogens (primary N) is 1. The average Bonchev–Trinajstić information content (AvgIpc) is 2.70. The maximum absolute atomic E-state index is 11.2. The van der Waals surface area contributed by atoms with Gasteiger partial charge in [-0.15, -0.1) is 0 Å². The van der Waals surface area contributed by atoms with Crippen LogP contribution >= 0.6 is 0 Å². The summed E-state index contributed by atoms with van der Waals surface area (Å²) in [5, 5.41) is 0. The van der Waals surface area contributed by atoms with Gasteiger partial charge in [0.05, 0.1) is 0 Å². The second-order valence-corrected chi connectivity index (χ2v) is 5.26.